The van der Waals surface area contributed by atoms with Gasteiger partial charge in [-0.1, -0.05) is 26.7 Å². The van der Waals surface area contributed by atoms with Crippen LogP contribution in [0, 0.1) is 11.3 Å². The Bertz CT molecular complexity index is 302. The minimum absolute atomic E-state index is 0. The van der Waals surface area contributed by atoms with Gasteiger partial charge in [-0.05, 0) is 26.7 Å². The third-order valence-corrected chi connectivity index (χ3v) is 3.36. The minimum atomic E-state index is -0.614. The Morgan fingerprint density at radius 1 is 1.20 bits per heavy atom. The molecule has 0 radical (unpaired) electrons. The summed E-state index contributed by atoms with van der Waals surface area (Å²) in [5, 5.41) is 6.51. The topological polar surface area (TPSA) is 79.5 Å². The van der Waals surface area contributed by atoms with Gasteiger partial charge >= 0.3 is 0 Å². The Hall–Kier alpha value is -0.530. The third kappa shape index (κ3) is 8.60. The van der Waals surface area contributed by atoms with E-state index in [0.717, 1.165) is 31.9 Å². The van der Waals surface area contributed by atoms with Crippen molar-refractivity contribution in [3.63, 3.8) is 0 Å². The van der Waals surface area contributed by atoms with Gasteiger partial charge in [0.05, 0.1) is 12.0 Å². The summed E-state index contributed by atoms with van der Waals surface area (Å²) in [6, 6.07) is 0. The molecule has 0 spiro atoms. The molecule has 0 aliphatic rings. The zero-order valence-electron chi connectivity index (χ0n) is 13.5. The molecule has 0 aromatic carbocycles. The van der Waals surface area contributed by atoms with Gasteiger partial charge in [-0.25, -0.2) is 0 Å². The standard InChI is InChI=1S/C14H30N4O.HI/c1-6-11(7-2)9-17-13(16-8-3)18-10-14(4,5)12(15)19;/h11H,6-10H2,1-5H3,(H2,15,19)(H2,16,17,18);1H. The molecular formula is C14H31IN4O. The number of primary amides is 1. The number of rotatable bonds is 8. The van der Waals surface area contributed by atoms with Crippen LogP contribution < -0.4 is 16.4 Å². The van der Waals surface area contributed by atoms with Crippen molar-refractivity contribution in [2.75, 3.05) is 19.6 Å². The van der Waals surface area contributed by atoms with Gasteiger partial charge < -0.3 is 16.4 Å². The minimum Gasteiger partial charge on any atom is -0.369 e. The summed E-state index contributed by atoms with van der Waals surface area (Å²) in [5.41, 5.74) is 4.73. The molecule has 1 amide bonds. The zero-order valence-corrected chi connectivity index (χ0v) is 15.8. The highest BCUT2D eigenvalue weighted by Crippen LogP contribution is 2.14. The maximum absolute atomic E-state index is 11.3. The highest BCUT2D eigenvalue weighted by molar-refractivity contribution is 14.0. The molecule has 0 heterocycles. The van der Waals surface area contributed by atoms with E-state index < -0.39 is 5.41 Å². The maximum Gasteiger partial charge on any atom is 0.224 e. The number of hydrogen-bond acceptors (Lipinski definition) is 2. The molecule has 0 bridgehead atoms. The summed E-state index contributed by atoms with van der Waals surface area (Å²) in [6.07, 6.45) is 2.30. The van der Waals surface area contributed by atoms with Crippen LogP contribution in [0.2, 0.25) is 0 Å². The van der Waals surface area contributed by atoms with Crippen molar-refractivity contribution in [2.45, 2.75) is 47.5 Å². The molecule has 20 heavy (non-hydrogen) atoms. The van der Waals surface area contributed by atoms with E-state index in [9.17, 15) is 4.79 Å². The van der Waals surface area contributed by atoms with Crippen molar-refractivity contribution in [3.8, 4) is 0 Å². The quantitative estimate of drug-likeness (QED) is 0.333. The summed E-state index contributed by atoms with van der Waals surface area (Å²) in [7, 11) is 0. The van der Waals surface area contributed by atoms with E-state index in [0.29, 0.717) is 12.5 Å². The van der Waals surface area contributed by atoms with Gasteiger partial charge in [0.1, 0.15) is 0 Å². The van der Waals surface area contributed by atoms with E-state index in [2.05, 4.69) is 29.5 Å². The molecule has 5 nitrogen and oxygen atoms in total. The number of carbonyl (C=O) groups excluding carboxylic acids is 1. The van der Waals surface area contributed by atoms with Crippen molar-refractivity contribution in [1.29, 1.82) is 0 Å². The molecule has 0 aromatic rings. The monoisotopic (exact) mass is 398 g/mol. The molecule has 0 atom stereocenters. The first-order valence-corrected chi connectivity index (χ1v) is 7.19. The first-order chi connectivity index (χ1) is 8.87. The van der Waals surface area contributed by atoms with E-state index in [4.69, 9.17) is 5.73 Å². The third-order valence-electron chi connectivity index (χ3n) is 3.36. The van der Waals surface area contributed by atoms with Crippen molar-refractivity contribution in [3.05, 3.63) is 0 Å². The first kappa shape index (κ1) is 21.8. The Morgan fingerprint density at radius 2 is 1.75 bits per heavy atom. The van der Waals surface area contributed by atoms with Crippen molar-refractivity contribution in [1.82, 2.24) is 10.6 Å². The molecule has 120 valence electrons. The van der Waals surface area contributed by atoms with Crippen molar-refractivity contribution >= 4 is 35.8 Å². The average molecular weight is 398 g/mol. The molecule has 0 saturated heterocycles. The van der Waals surface area contributed by atoms with E-state index in [1.807, 2.05) is 20.8 Å². The van der Waals surface area contributed by atoms with Crippen LogP contribution in [0.5, 0.6) is 0 Å². The first-order valence-electron chi connectivity index (χ1n) is 7.19. The number of aliphatic imine (C=N–C) groups is 1. The lowest BCUT2D eigenvalue weighted by molar-refractivity contribution is -0.125. The van der Waals surface area contributed by atoms with Crippen LogP contribution in [0.15, 0.2) is 4.99 Å². The summed E-state index contributed by atoms with van der Waals surface area (Å²) in [5.74, 6) is 1.07. The van der Waals surface area contributed by atoms with Gasteiger partial charge in [-0.15, -0.1) is 24.0 Å². The molecule has 0 aliphatic carbocycles. The summed E-state index contributed by atoms with van der Waals surface area (Å²) >= 11 is 0. The lowest BCUT2D eigenvalue weighted by atomic mass is 9.93. The van der Waals surface area contributed by atoms with Gasteiger partial charge in [0.15, 0.2) is 5.96 Å². The van der Waals surface area contributed by atoms with Crippen molar-refractivity contribution in [2.24, 2.45) is 22.1 Å². The van der Waals surface area contributed by atoms with E-state index in [1.54, 1.807) is 0 Å². The molecule has 0 unspecified atom stereocenters. The highest BCUT2D eigenvalue weighted by atomic mass is 127. The number of hydrogen-bond donors (Lipinski definition) is 3. The van der Waals surface area contributed by atoms with Crippen LogP contribution in [-0.2, 0) is 4.79 Å². The highest BCUT2D eigenvalue weighted by Gasteiger charge is 2.24. The van der Waals surface area contributed by atoms with Gasteiger partial charge in [-0.3, -0.25) is 9.79 Å². The Morgan fingerprint density at radius 3 is 2.15 bits per heavy atom. The number of guanidine groups is 1. The number of nitrogens with two attached hydrogens (primary N) is 1. The van der Waals surface area contributed by atoms with Crippen LogP contribution in [0.3, 0.4) is 0 Å². The molecule has 6 heteroatoms. The van der Waals surface area contributed by atoms with Crippen LogP contribution >= 0.6 is 24.0 Å². The summed E-state index contributed by atoms with van der Waals surface area (Å²) in [6.45, 7) is 12.1. The molecule has 0 fully saturated rings. The SMILES string of the molecule is CCNC(=NCC(C)(C)C(N)=O)NCC(CC)CC.I. The normalized spacial score (nSPS) is 12.0. The Balaban J connectivity index is 0. The number of nitrogens with zero attached hydrogens (tertiary/aromatic N) is 1. The van der Waals surface area contributed by atoms with Gasteiger partial charge in [0.25, 0.3) is 0 Å². The molecule has 0 saturated carbocycles. The fraction of sp³-hybridized carbons (Fsp3) is 0.857. The predicted octanol–water partition coefficient (Wildman–Crippen LogP) is 2.11. The zero-order chi connectivity index (χ0) is 14.9. The van der Waals surface area contributed by atoms with Gasteiger partial charge in [0.2, 0.25) is 5.91 Å². The second-order valence-corrected chi connectivity index (χ2v) is 5.51. The molecular weight excluding hydrogens is 367 g/mol. The number of amides is 1. The van der Waals surface area contributed by atoms with E-state index in [-0.39, 0.29) is 29.9 Å². The summed E-state index contributed by atoms with van der Waals surface area (Å²) < 4.78 is 0. The van der Waals surface area contributed by atoms with Crippen LogP contribution in [0.25, 0.3) is 0 Å². The van der Waals surface area contributed by atoms with Crippen molar-refractivity contribution < 1.29 is 4.79 Å². The fourth-order valence-electron chi connectivity index (χ4n) is 1.51. The van der Waals surface area contributed by atoms with Crippen LogP contribution in [0.4, 0.5) is 0 Å². The predicted molar refractivity (Wildman–Crippen MR) is 96.4 cm³/mol. The van der Waals surface area contributed by atoms with Crippen LogP contribution in [0.1, 0.15) is 47.5 Å². The second kappa shape index (κ2) is 11.2. The largest absolute Gasteiger partial charge is 0.369 e. The van der Waals surface area contributed by atoms with Gasteiger partial charge in [-0.2, -0.15) is 0 Å². The molecule has 0 aromatic heterocycles. The fourth-order valence-corrected chi connectivity index (χ4v) is 1.51. The molecule has 0 rings (SSSR count). The van der Waals surface area contributed by atoms with Gasteiger partial charge in [0, 0.05) is 13.1 Å². The molecule has 0 aliphatic heterocycles. The number of nitrogens with one attached hydrogen (secondary N) is 2. The lowest BCUT2D eigenvalue weighted by Crippen LogP contribution is -2.41. The average Bonchev–Trinajstić information content (AvgIpc) is 2.36. The smallest absolute Gasteiger partial charge is 0.224 e. The van der Waals surface area contributed by atoms with E-state index >= 15 is 0 Å². The second-order valence-electron chi connectivity index (χ2n) is 5.51. The number of carbonyl (C=O) groups is 1. The lowest BCUT2D eigenvalue weighted by Gasteiger charge is -2.20. The van der Waals surface area contributed by atoms with E-state index in [1.165, 1.54) is 0 Å². The summed E-state index contributed by atoms with van der Waals surface area (Å²) in [4.78, 5) is 15.7. The Labute approximate surface area is 140 Å². The Kier molecular flexibility index (Phi) is 12.1. The van der Waals surface area contributed by atoms with Crippen LogP contribution in [-0.4, -0.2) is 31.5 Å². The number of halogens is 1. The maximum atomic E-state index is 11.3. The molecule has 4 N–H and O–H groups in total.